The summed E-state index contributed by atoms with van der Waals surface area (Å²) < 4.78 is 10.9. The molecule has 1 fully saturated rings. The molecule has 1 aliphatic carbocycles. The maximum absolute atomic E-state index is 5.87. The molecule has 1 aliphatic rings. The number of ether oxygens (including phenoxy) is 2. The summed E-state index contributed by atoms with van der Waals surface area (Å²) in [7, 11) is 1.63. The molecule has 0 amide bonds. The maximum Gasteiger partial charge on any atom is 0.141 e. The number of nitrogen functional groups attached to an aromatic ring is 1. The Balaban J connectivity index is 1.77. The molecule has 0 bridgehead atoms. The second kappa shape index (κ2) is 6.64. The summed E-state index contributed by atoms with van der Waals surface area (Å²) in [4.78, 5) is 0. The summed E-state index contributed by atoms with van der Waals surface area (Å²) in [6, 6.07) is 5.84. The van der Waals surface area contributed by atoms with E-state index in [1.165, 1.54) is 32.1 Å². The van der Waals surface area contributed by atoms with E-state index in [4.69, 9.17) is 15.2 Å². The molecule has 0 heterocycles. The normalized spacial score (nSPS) is 16.7. The van der Waals surface area contributed by atoms with Crippen molar-refractivity contribution in [3.8, 4) is 5.75 Å². The summed E-state index contributed by atoms with van der Waals surface area (Å²) in [5.41, 5.74) is 7.66. The number of anilines is 1. The monoisotopic (exact) mass is 249 g/mol. The zero-order valence-corrected chi connectivity index (χ0v) is 11.2. The number of hydrogen-bond donors (Lipinski definition) is 1. The van der Waals surface area contributed by atoms with Crippen molar-refractivity contribution >= 4 is 5.69 Å². The number of benzene rings is 1. The quantitative estimate of drug-likeness (QED) is 0.814. The highest BCUT2D eigenvalue weighted by atomic mass is 16.5. The van der Waals surface area contributed by atoms with Gasteiger partial charge in [0.05, 0.1) is 19.4 Å². The molecule has 100 valence electrons. The molecule has 0 unspecified atom stereocenters. The Morgan fingerprint density at radius 1 is 1.22 bits per heavy atom. The van der Waals surface area contributed by atoms with E-state index >= 15 is 0 Å². The number of nitrogens with two attached hydrogens (primary N) is 1. The van der Waals surface area contributed by atoms with Crippen LogP contribution in [0.25, 0.3) is 0 Å². The van der Waals surface area contributed by atoms with Crippen molar-refractivity contribution in [1.29, 1.82) is 0 Å². The molecule has 1 aromatic carbocycles. The van der Waals surface area contributed by atoms with Gasteiger partial charge in [0.1, 0.15) is 5.75 Å². The van der Waals surface area contributed by atoms with Crippen molar-refractivity contribution in [2.24, 2.45) is 5.92 Å². The maximum atomic E-state index is 5.87. The molecule has 0 radical (unpaired) electrons. The van der Waals surface area contributed by atoms with Crippen LogP contribution in [0.15, 0.2) is 18.2 Å². The molecule has 0 spiro atoms. The molecule has 1 aromatic rings. The van der Waals surface area contributed by atoms with Crippen molar-refractivity contribution in [1.82, 2.24) is 0 Å². The van der Waals surface area contributed by atoms with Crippen molar-refractivity contribution in [2.45, 2.75) is 38.7 Å². The molecular formula is C15H23NO2. The van der Waals surface area contributed by atoms with Gasteiger partial charge in [-0.25, -0.2) is 0 Å². The third-order valence-corrected chi connectivity index (χ3v) is 3.64. The van der Waals surface area contributed by atoms with Gasteiger partial charge >= 0.3 is 0 Å². The lowest BCUT2D eigenvalue weighted by molar-refractivity contribution is 0.0739. The standard InChI is InChI=1S/C15H23NO2/c1-17-15-8-7-13(9-14(15)16)11-18-10-12-5-3-2-4-6-12/h7-9,12H,2-6,10-11,16H2,1H3. The molecule has 2 N–H and O–H groups in total. The van der Waals surface area contributed by atoms with E-state index < -0.39 is 0 Å². The summed E-state index contributed by atoms with van der Waals surface area (Å²) in [6.45, 7) is 1.52. The molecule has 0 saturated heterocycles. The lowest BCUT2D eigenvalue weighted by atomic mass is 9.90. The first kappa shape index (κ1) is 13.2. The summed E-state index contributed by atoms with van der Waals surface area (Å²) in [5, 5.41) is 0. The molecule has 3 nitrogen and oxygen atoms in total. The molecule has 0 aromatic heterocycles. The first-order valence-electron chi connectivity index (χ1n) is 6.79. The van der Waals surface area contributed by atoms with Crippen LogP contribution in [0.4, 0.5) is 5.69 Å². The fourth-order valence-corrected chi connectivity index (χ4v) is 2.57. The van der Waals surface area contributed by atoms with Gasteiger partial charge in [-0.1, -0.05) is 25.3 Å². The molecule has 0 atom stereocenters. The van der Waals surface area contributed by atoms with Gasteiger partial charge in [-0.15, -0.1) is 0 Å². The van der Waals surface area contributed by atoms with Gasteiger partial charge < -0.3 is 15.2 Å². The van der Waals surface area contributed by atoms with Crippen molar-refractivity contribution in [2.75, 3.05) is 19.5 Å². The Morgan fingerprint density at radius 2 is 2.00 bits per heavy atom. The molecular weight excluding hydrogens is 226 g/mol. The fraction of sp³-hybridized carbons (Fsp3) is 0.600. The Kier molecular flexibility index (Phi) is 4.88. The second-order valence-electron chi connectivity index (χ2n) is 5.10. The minimum Gasteiger partial charge on any atom is -0.495 e. The van der Waals surface area contributed by atoms with Crippen LogP contribution in [0, 0.1) is 5.92 Å². The van der Waals surface area contributed by atoms with E-state index in [2.05, 4.69) is 0 Å². The summed E-state index contributed by atoms with van der Waals surface area (Å²) >= 11 is 0. The topological polar surface area (TPSA) is 44.5 Å². The van der Waals surface area contributed by atoms with Crippen LogP contribution >= 0.6 is 0 Å². The van der Waals surface area contributed by atoms with Crippen LogP contribution in [0.2, 0.25) is 0 Å². The lowest BCUT2D eigenvalue weighted by Crippen LogP contribution is -2.13. The van der Waals surface area contributed by atoms with Crippen LogP contribution in [-0.2, 0) is 11.3 Å². The van der Waals surface area contributed by atoms with Crippen molar-refractivity contribution in [3.63, 3.8) is 0 Å². The Morgan fingerprint density at radius 3 is 2.67 bits per heavy atom. The number of hydrogen-bond acceptors (Lipinski definition) is 3. The highest BCUT2D eigenvalue weighted by Crippen LogP contribution is 2.25. The third-order valence-electron chi connectivity index (χ3n) is 3.64. The van der Waals surface area contributed by atoms with E-state index in [1.54, 1.807) is 7.11 Å². The Hall–Kier alpha value is -1.22. The molecule has 2 rings (SSSR count). The van der Waals surface area contributed by atoms with Gasteiger partial charge in [-0.2, -0.15) is 0 Å². The Labute approximate surface area is 109 Å². The van der Waals surface area contributed by atoms with Crippen LogP contribution < -0.4 is 10.5 Å². The third kappa shape index (κ3) is 3.64. The zero-order chi connectivity index (χ0) is 12.8. The average molecular weight is 249 g/mol. The second-order valence-corrected chi connectivity index (χ2v) is 5.10. The minimum absolute atomic E-state index is 0.644. The SMILES string of the molecule is COc1ccc(COCC2CCCCC2)cc1N. The highest BCUT2D eigenvalue weighted by Gasteiger charge is 2.13. The van der Waals surface area contributed by atoms with Crippen LogP contribution in [0.5, 0.6) is 5.75 Å². The summed E-state index contributed by atoms with van der Waals surface area (Å²) in [5.74, 6) is 1.49. The van der Waals surface area contributed by atoms with Crippen LogP contribution in [-0.4, -0.2) is 13.7 Å². The predicted octanol–water partition coefficient (Wildman–Crippen LogP) is 3.37. The van der Waals surface area contributed by atoms with Gasteiger partial charge in [0.15, 0.2) is 0 Å². The van der Waals surface area contributed by atoms with Crippen molar-refractivity contribution < 1.29 is 9.47 Å². The summed E-state index contributed by atoms with van der Waals surface area (Å²) in [6.07, 6.45) is 6.77. The molecule has 3 heteroatoms. The van der Waals surface area contributed by atoms with E-state index in [0.717, 1.165) is 23.8 Å². The molecule has 18 heavy (non-hydrogen) atoms. The number of methoxy groups -OCH3 is 1. The van der Waals surface area contributed by atoms with E-state index in [9.17, 15) is 0 Å². The van der Waals surface area contributed by atoms with Crippen LogP contribution in [0.1, 0.15) is 37.7 Å². The van der Waals surface area contributed by atoms with Crippen LogP contribution in [0.3, 0.4) is 0 Å². The average Bonchev–Trinajstić information content (AvgIpc) is 2.40. The molecule has 0 aliphatic heterocycles. The highest BCUT2D eigenvalue weighted by molar-refractivity contribution is 5.54. The van der Waals surface area contributed by atoms with Gasteiger partial charge in [0.25, 0.3) is 0 Å². The van der Waals surface area contributed by atoms with E-state index in [0.29, 0.717) is 12.3 Å². The smallest absolute Gasteiger partial charge is 0.141 e. The lowest BCUT2D eigenvalue weighted by Gasteiger charge is -2.21. The molecule has 1 saturated carbocycles. The van der Waals surface area contributed by atoms with Gasteiger partial charge in [-0.05, 0) is 36.5 Å². The zero-order valence-electron chi connectivity index (χ0n) is 11.2. The van der Waals surface area contributed by atoms with E-state index in [-0.39, 0.29) is 0 Å². The van der Waals surface area contributed by atoms with Gasteiger partial charge in [-0.3, -0.25) is 0 Å². The largest absolute Gasteiger partial charge is 0.495 e. The predicted molar refractivity (Wildman–Crippen MR) is 73.6 cm³/mol. The Bertz CT molecular complexity index is 373. The van der Waals surface area contributed by atoms with Crippen molar-refractivity contribution in [3.05, 3.63) is 23.8 Å². The first-order chi connectivity index (χ1) is 8.79. The fourth-order valence-electron chi connectivity index (χ4n) is 2.57. The van der Waals surface area contributed by atoms with Gasteiger partial charge in [0.2, 0.25) is 0 Å². The minimum atomic E-state index is 0.644. The first-order valence-corrected chi connectivity index (χ1v) is 6.79. The van der Waals surface area contributed by atoms with E-state index in [1.807, 2.05) is 18.2 Å². The van der Waals surface area contributed by atoms with Gasteiger partial charge in [0, 0.05) is 6.61 Å². The number of rotatable bonds is 5.